The van der Waals surface area contributed by atoms with E-state index in [2.05, 4.69) is 23.8 Å². The van der Waals surface area contributed by atoms with Crippen molar-refractivity contribution in [3.63, 3.8) is 0 Å². The molecule has 0 aliphatic carbocycles. The highest BCUT2D eigenvalue weighted by molar-refractivity contribution is 7.07. The number of halogens is 1. The summed E-state index contributed by atoms with van der Waals surface area (Å²) < 4.78 is 7.31. The number of rotatable bonds is 6. The molecular weight excluding hydrogens is 432 g/mol. The van der Waals surface area contributed by atoms with Crippen LogP contribution in [0.2, 0.25) is 5.02 Å². The van der Waals surface area contributed by atoms with Crippen LogP contribution in [0.1, 0.15) is 18.9 Å². The Kier molecular flexibility index (Phi) is 6.34. The summed E-state index contributed by atoms with van der Waals surface area (Å²) in [6, 6.07) is 13.4. The minimum atomic E-state index is -0.170. The minimum absolute atomic E-state index is 0.0270. The van der Waals surface area contributed by atoms with Gasteiger partial charge in [0.1, 0.15) is 5.75 Å². The van der Waals surface area contributed by atoms with E-state index in [1.54, 1.807) is 6.08 Å². The van der Waals surface area contributed by atoms with Crippen molar-refractivity contribution >= 4 is 40.2 Å². The van der Waals surface area contributed by atoms with Crippen LogP contribution in [-0.4, -0.2) is 29.4 Å². The molecule has 1 N–H and O–H groups in total. The molecule has 3 aromatic rings. The zero-order chi connectivity index (χ0) is 21.8. The SMILES string of the molecule is C=CCN=c1scc(-c2ccc3c(c2)NC(=O)CO3)n1N=C(CC)c1cccc(Cl)c1. The Morgan fingerprint density at radius 1 is 1.35 bits per heavy atom. The number of aromatic nitrogens is 1. The Bertz CT molecular complexity index is 1240. The second-order valence-corrected chi connectivity index (χ2v) is 8.08. The van der Waals surface area contributed by atoms with E-state index in [1.165, 1.54) is 11.3 Å². The first-order chi connectivity index (χ1) is 15.1. The van der Waals surface area contributed by atoms with Crippen molar-refractivity contribution in [2.45, 2.75) is 13.3 Å². The van der Waals surface area contributed by atoms with E-state index in [0.29, 0.717) is 23.0 Å². The summed E-state index contributed by atoms with van der Waals surface area (Å²) in [5.74, 6) is 0.482. The van der Waals surface area contributed by atoms with Crippen LogP contribution in [-0.2, 0) is 4.79 Å². The van der Waals surface area contributed by atoms with Crippen LogP contribution in [0, 0.1) is 0 Å². The molecule has 1 aliphatic heterocycles. The summed E-state index contributed by atoms with van der Waals surface area (Å²) in [7, 11) is 0. The van der Waals surface area contributed by atoms with Gasteiger partial charge in [-0.25, -0.2) is 4.68 Å². The number of benzene rings is 2. The van der Waals surface area contributed by atoms with Gasteiger partial charge in [0.15, 0.2) is 6.61 Å². The van der Waals surface area contributed by atoms with Gasteiger partial charge in [-0.1, -0.05) is 36.7 Å². The average molecular weight is 453 g/mol. The number of nitrogens with one attached hydrogen (secondary N) is 1. The van der Waals surface area contributed by atoms with Gasteiger partial charge in [-0.05, 0) is 42.3 Å². The van der Waals surface area contributed by atoms with Gasteiger partial charge in [0.05, 0.1) is 23.6 Å². The molecule has 0 saturated heterocycles. The van der Waals surface area contributed by atoms with Gasteiger partial charge in [0.2, 0.25) is 4.80 Å². The Morgan fingerprint density at radius 3 is 3.00 bits per heavy atom. The van der Waals surface area contributed by atoms with E-state index < -0.39 is 0 Å². The maximum Gasteiger partial charge on any atom is 0.262 e. The number of thiazole rings is 1. The summed E-state index contributed by atoms with van der Waals surface area (Å²) in [4.78, 5) is 17.1. The number of hydrogen-bond acceptors (Lipinski definition) is 5. The number of hydrogen-bond donors (Lipinski definition) is 1. The molecule has 2 aromatic carbocycles. The minimum Gasteiger partial charge on any atom is -0.482 e. The predicted octanol–water partition coefficient (Wildman–Crippen LogP) is 4.95. The van der Waals surface area contributed by atoms with E-state index in [0.717, 1.165) is 33.8 Å². The molecule has 0 fully saturated rings. The third-order valence-corrected chi connectivity index (χ3v) is 5.75. The van der Waals surface area contributed by atoms with Crippen LogP contribution < -0.4 is 14.9 Å². The Labute approximate surface area is 189 Å². The Hall–Kier alpha value is -3.16. The largest absolute Gasteiger partial charge is 0.482 e. The molecule has 2 heterocycles. The first-order valence-electron chi connectivity index (χ1n) is 9.82. The van der Waals surface area contributed by atoms with Gasteiger partial charge in [0, 0.05) is 16.0 Å². The van der Waals surface area contributed by atoms with Crippen molar-refractivity contribution in [2.24, 2.45) is 10.1 Å². The molecule has 0 unspecified atom stereocenters. The third-order valence-electron chi connectivity index (χ3n) is 4.66. The second kappa shape index (κ2) is 9.32. The zero-order valence-corrected chi connectivity index (χ0v) is 18.5. The highest BCUT2D eigenvalue weighted by Gasteiger charge is 2.18. The lowest BCUT2D eigenvalue weighted by Crippen LogP contribution is -2.25. The van der Waals surface area contributed by atoms with Crippen LogP contribution in [0.15, 0.2) is 70.6 Å². The monoisotopic (exact) mass is 452 g/mol. The van der Waals surface area contributed by atoms with Crippen molar-refractivity contribution in [3.05, 3.63) is 75.9 Å². The lowest BCUT2D eigenvalue weighted by Gasteiger charge is -2.18. The molecule has 1 aliphatic rings. The molecule has 4 rings (SSSR count). The van der Waals surface area contributed by atoms with Crippen molar-refractivity contribution in [2.75, 3.05) is 18.5 Å². The molecule has 0 spiro atoms. The Balaban J connectivity index is 1.85. The van der Waals surface area contributed by atoms with Gasteiger partial charge in [-0.15, -0.1) is 17.9 Å². The first kappa shape index (κ1) is 21.1. The maximum atomic E-state index is 11.7. The van der Waals surface area contributed by atoms with E-state index in [1.807, 2.05) is 52.5 Å². The molecule has 0 radical (unpaired) electrons. The molecule has 8 heteroatoms. The summed E-state index contributed by atoms with van der Waals surface area (Å²) in [5, 5.41) is 10.5. The van der Waals surface area contributed by atoms with Crippen molar-refractivity contribution in [1.82, 2.24) is 4.68 Å². The number of amides is 1. The van der Waals surface area contributed by atoms with Gasteiger partial charge in [0.25, 0.3) is 5.91 Å². The van der Waals surface area contributed by atoms with Crippen LogP contribution in [0.25, 0.3) is 11.3 Å². The van der Waals surface area contributed by atoms with Crippen LogP contribution >= 0.6 is 22.9 Å². The smallest absolute Gasteiger partial charge is 0.262 e. The number of anilines is 1. The molecule has 0 atom stereocenters. The average Bonchev–Trinajstić information content (AvgIpc) is 3.17. The number of fused-ring (bicyclic) bond motifs is 1. The summed E-state index contributed by atoms with van der Waals surface area (Å²) >= 11 is 7.69. The zero-order valence-electron chi connectivity index (χ0n) is 17.0. The fourth-order valence-corrected chi connectivity index (χ4v) is 4.24. The van der Waals surface area contributed by atoms with Gasteiger partial charge in [-0.3, -0.25) is 9.79 Å². The molecule has 158 valence electrons. The standard InChI is InChI=1S/C23H21ClN4O2S/c1-3-10-25-23-28(27-18(4-2)15-6-5-7-17(24)11-15)20(14-31-23)16-8-9-21-19(12-16)26-22(29)13-30-21/h3,5-9,11-12,14H,1,4,10,13H2,2H3,(H,26,29). The van der Waals surface area contributed by atoms with Crippen molar-refractivity contribution in [1.29, 1.82) is 0 Å². The van der Waals surface area contributed by atoms with Gasteiger partial charge in [-0.2, -0.15) is 5.10 Å². The molecule has 1 amide bonds. The normalized spacial score (nSPS) is 14.1. The van der Waals surface area contributed by atoms with E-state index in [-0.39, 0.29) is 12.5 Å². The lowest BCUT2D eigenvalue weighted by molar-refractivity contribution is -0.118. The van der Waals surface area contributed by atoms with Crippen LogP contribution in [0.5, 0.6) is 5.75 Å². The fourth-order valence-electron chi connectivity index (χ4n) is 3.21. The highest BCUT2D eigenvalue weighted by Crippen LogP contribution is 2.33. The van der Waals surface area contributed by atoms with Crippen molar-refractivity contribution in [3.8, 4) is 17.0 Å². The number of nitrogens with zero attached hydrogens (tertiary/aromatic N) is 3. The fraction of sp³-hybridized carbons (Fsp3) is 0.174. The van der Waals surface area contributed by atoms with E-state index in [4.69, 9.17) is 21.4 Å². The topological polar surface area (TPSA) is 68.0 Å². The summed E-state index contributed by atoms with van der Waals surface area (Å²) in [6.07, 6.45) is 2.47. The van der Waals surface area contributed by atoms with Gasteiger partial charge >= 0.3 is 0 Å². The van der Waals surface area contributed by atoms with Crippen molar-refractivity contribution < 1.29 is 9.53 Å². The molecule has 0 saturated carbocycles. The first-order valence-corrected chi connectivity index (χ1v) is 11.1. The number of ether oxygens (including phenoxy) is 1. The van der Waals surface area contributed by atoms with Gasteiger partial charge < -0.3 is 10.1 Å². The quantitative estimate of drug-likeness (QED) is 0.424. The number of carbonyl (C=O) groups is 1. The molecule has 31 heavy (non-hydrogen) atoms. The van der Waals surface area contributed by atoms with E-state index >= 15 is 0 Å². The van der Waals surface area contributed by atoms with Crippen LogP contribution in [0.3, 0.4) is 0 Å². The number of carbonyl (C=O) groups excluding carboxylic acids is 1. The Morgan fingerprint density at radius 2 is 2.23 bits per heavy atom. The van der Waals surface area contributed by atoms with E-state index in [9.17, 15) is 4.79 Å². The summed E-state index contributed by atoms with van der Waals surface area (Å²) in [5.41, 5.74) is 4.25. The molecule has 0 bridgehead atoms. The molecule has 1 aromatic heterocycles. The second-order valence-electron chi connectivity index (χ2n) is 6.80. The lowest BCUT2D eigenvalue weighted by atomic mass is 10.1. The highest BCUT2D eigenvalue weighted by atomic mass is 35.5. The third kappa shape index (κ3) is 4.62. The predicted molar refractivity (Wildman–Crippen MR) is 126 cm³/mol. The molecular formula is C23H21ClN4O2S. The summed E-state index contributed by atoms with van der Waals surface area (Å²) in [6.45, 7) is 6.33. The van der Waals surface area contributed by atoms with Crippen LogP contribution in [0.4, 0.5) is 5.69 Å². The maximum absolute atomic E-state index is 11.7. The molecule has 6 nitrogen and oxygen atoms in total.